The normalized spacial score (nSPS) is 17.0. The quantitative estimate of drug-likeness (QED) is 0.791. The van der Waals surface area contributed by atoms with Gasteiger partial charge in [-0.2, -0.15) is 0 Å². The molecule has 0 bridgehead atoms. The first-order valence-electron chi connectivity index (χ1n) is 9.84. The van der Waals surface area contributed by atoms with Gasteiger partial charge in [0.1, 0.15) is 30.4 Å². The Kier molecular flexibility index (Phi) is 6.93. The summed E-state index contributed by atoms with van der Waals surface area (Å²) >= 11 is 0. The molecule has 2 aromatic carbocycles. The topological polar surface area (TPSA) is 33.7 Å². The third-order valence-electron chi connectivity index (χ3n) is 4.67. The second-order valence-corrected chi connectivity index (χ2v) is 6.64. The van der Waals surface area contributed by atoms with Crippen molar-refractivity contribution in [1.82, 2.24) is 4.90 Å². The Morgan fingerprint density at radius 3 is 2.67 bits per heavy atom. The van der Waals surface area contributed by atoms with Crippen LogP contribution in [-0.2, 0) is 6.42 Å². The molecule has 27 heavy (non-hydrogen) atoms. The highest BCUT2D eigenvalue weighted by molar-refractivity contribution is 5.61. The van der Waals surface area contributed by atoms with Gasteiger partial charge in [-0.1, -0.05) is 38.1 Å². The molecule has 2 aliphatic rings. The number of hydrogen-bond acceptors (Lipinski definition) is 4. The van der Waals surface area contributed by atoms with Crippen LogP contribution in [0.3, 0.4) is 0 Å². The molecule has 0 spiro atoms. The molecule has 146 valence electrons. The van der Waals surface area contributed by atoms with Crippen molar-refractivity contribution >= 4 is 5.69 Å². The highest BCUT2D eigenvalue weighted by Crippen LogP contribution is 2.32. The molecule has 2 heterocycles. The van der Waals surface area contributed by atoms with Crippen molar-refractivity contribution < 1.29 is 13.9 Å². The largest absolute Gasteiger partial charge is 0.491 e. The molecule has 4 nitrogen and oxygen atoms in total. The highest BCUT2D eigenvalue weighted by atomic mass is 19.1. The number of halogens is 1. The van der Waals surface area contributed by atoms with Crippen LogP contribution in [0.15, 0.2) is 48.5 Å². The van der Waals surface area contributed by atoms with Crippen LogP contribution in [0.2, 0.25) is 0 Å². The molecule has 1 saturated heterocycles. The van der Waals surface area contributed by atoms with E-state index in [0.717, 1.165) is 31.8 Å². The Labute approximate surface area is 161 Å². The van der Waals surface area contributed by atoms with Crippen LogP contribution in [0, 0.1) is 0 Å². The van der Waals surface area contributed by atoms with Gasteiger partial charge in [0.25, 0.3) is 0 Å². The number of ether oxygens (including phenoxy) is 2. The zero-order valence-electron chi connectivity index (χ0n) is 16.2. The average molecular weight is 372 g/mol. The van der Waals surface area contributed by atoms with Gasteiger partial charge in [-0.3, -0.25) is 4.90 Å². The van der Waals surface area contributed by atoms with Gasteiger partial charge < -0.3 is 14.8 Å². The van der Waals surface area contributed by atoms with E-state index in [4.69, 9.17) is 9.47 Å². The summed E-state index contributed by atoms with van der Waals surface area (Å²) in [5, 5.41) is 3.36. The van der Waals surface area contributed by atoms with Gasteiger partial charge in [0.05, 0.1) is 0 Å². The lowest BCUT2D eigenvalue weighted by Crippen LogP contribution is -2.55. The molecule has 0 amide bonds. The molecule has 0 saturated carbocycles. The van der Waals surface area contributed by atoms with Crippen LogP contribution in [0.4, 0.5) is 10.1 Å². The van der Waals surface area contributed by atoms with Crippen molar-refractivity contribution in [3.8, 4) is 11.5 Å². The minimum absolute atomic E-state index is 0.0872. The van der Waals surface area contributed by atoms with E-state index in [9.17, 15) is 4.39 Å². The number of nitrogens with one attached hydrogen (secondary N) is 1. The Morgan fingerprint density at radius 2 is 1.89 bits per heavy atom. The summed E-state index contributed by atoms with van der Waals surface area (Å²) in [4.78, 5) is 2.07. The summed E-state index contributed by atoms with van der Waals surface area (Å²) in [5.74, 6) is 1.68. The fourth-order valence-electron chi connectivity index (χ4n) is 3.38. The van der Waals surface area contributed by atoms with Gasteiger partial charge in [-0.15, -0.1) is 0 Å². The highest BCUT2D eigenvalue weighted by Gasteiger charge is 2.31. The Balaban J connectivity index is 0.00000102. The SMILES string of the molecule is CC.FC(COc1ccccc1)CN1CC(Oc2cccc3c2CCN3)C1. The molecular weight excluding hydrogens is 343 g/mol. The molecule has 2 aliphatic heterocycles. The molecule has 2 aromatic rings. The average Bonchev–Trinajstić information content (AvgIpc) is 3.17. The molecule has 0 aromatic heterocycles. The number of anilines is 1. The van der Waals surface area contributed by atoms with Crippen molar-refractivity contribution in [3.05, 3.63) is 54.1 Å². The van der Waals surface area contributed by atoms with Crippen LogP contribution >= 0.6 is 0 Å². The number of hydrogen-bond donors (Lipinski definition) is 1. The monoisotopic (exact) mass is 372 g/mol. The van der Waals surface area contributed by atoms with Crippen molar-refractivity contribution in [3.63, 3.8) is 0 Å². The van der Waals surface area contributed by atoms with E-state index in [1.807, 2.05) is 56.3 Å². The number of likely N-dealkylation sites (tertiary alicyclic amines) is 1. The van der Waals surface area contributed by atoms with Gasteiger partial charge in [0, 0.05) is 37.4 Å². The number of fused-ring (bicyclic) bond motifs is 1. The summed E-state index contributed by atoms with van der Waals surface area (Å²) in [6.45, 7) is 6.98. The molecular formula is C22H29FN2O2. The van der Waals surface area contributed by atoms with Crippen LogP contribution in [-0.4, -0.2) is 50.0 Å². The van der Waals surface area contributed by atoms with Gasteiger partial charge >= 0.3 is 0 Å². The lowest BCUT2D eigenvalue weighted by Gasteiger charge is -2.39. The standard InChI is InChI=1S/C20H23FN2O2.C2H6/c21-15(14-24-16-5-2-1-3-6-16)11-23-12-17(13-23)25-20-8-4-7-19-18(20)9-10-22-19;1-2/h1-8,15,17,22H,9-14H2;1-2H3. The van der Waals surface area contributed by atoms with E-state index in [0.29, 0.717) is 12.3 Å². The smallest absolute Gasteiger partial charge is 0.147 e. The lowest BCUT2D eigenvalue weighted by atomic mass is 10.1. The fraction of sp³-hybridized carbons (Fsp3) is 0.455. The number of nitrogens with zero attached hydrogens (tertiary/aromatic N) is 1. The van der Waals surface area contributed by atoms with Crippen LogP contribution < -0.4 is 14.8 Å². The molecule has 5 heteroatoms. The minimum atomic E-state index is -0.994. The summed E-state index contributed by atoms with van der Waals surface area (Å²) < 4.78 is 25.6. The molecule has 1 unspecified atom stereocenters. The maximum absolute atomic E-state index is 14.1. The summed E-state index contributed by atoms with van der Waals surface area (Å²) in [5.41, 5.74) is 2.44. The first-order valence-corrected chi connectivity index (χ1v) is 9.84. The van der Waals surface area contributed by atoms with E-state index >= 15 is 0 Å². The van der Waals surface area contributed by atoms with Crippen molar-refractivity contribution in [1.29, 1.82) is 0 Å². The second kappa shape index (κ2) is 9.60. The van der Waals surface area contributed by atoms with E-state index in [2.05, 4.69) is 16.3 Å². The maximum atomic E-state index is 14.1. The van der Waals surface area contributed by atoms with E-state index in [1.54, 1.807) is 0 Å². The minimum Gasteiger partial charge on any atom is -0.491 e. The zero-order chi connectivity index (χ0) is 19.1. The second-order valence-electron chi connectivity index (χ2n) is 6.64. The van der Waals surface area contributed by atoms with Crippen molar-refractivity contribution in [2.24, 2.45) is 0 Å². The van der Waals surface area contributed by atoms with E-state index in [1.165, 1.54) is 11.3 Å². The fourth-order valence-corrected chi connectivity index (χ4v) is 3.38. The molecule has 1 fully saturated rings. The first kappa shape index (κ1) is 19.5. The molecule has 4 rings (SSSR count). The number of rotatable bonds is 7. The first-order chi connectivity index (χ1) is 13.3. The molecule has 1 atom stereocenters. The summed E-state index contributed by atoms with van der Waals surface area (Å²) in [6.07, 6.45) is 0.159. The van der Waals surface area contributed by atoms with Crippen molar-refractivity contribution in [2.75, 3.05) is 38.1 Å². The predicted molar refractivity (Wildman–Crippen MR) is 108 cm³/mol. The van der Waals surface area contributed by atoms with Gasteiger partial charge in [0.15, 0.2) is 0 Å². The third kappa shape index (κ3) is 5.13. The van der Waals surface area contributed by atoms with Crippen molar-refractivity contribution in [2.45, 2.75) is 32.5 Å². The molecule has 0 aliphatic carbocycles. The van der Waals surface area contributed by atoms with Gasteiger partial charge in [-0.25, -0.2) is 4.39 Å². The molecule has 1 N–H and O–H groups in total. The van der Waals surface area contributed by atoms with E-state index in [-0.39, 0.29) is 12.7 Å². The van der Waals surface area contributed by atoms with Gasteiger partial charge in [-0.05, 0) is 30.7 Å². The Hall–Kier alpha value is -2.27. The Morgan fingerprint density at radius 1 is 1.11 bits per heavy atom. The lowest BCUT2D eigenvalue weighted by molar-refractivity contribution is -0.000153. The number of alkyl halides is 1. The summed E-state index contributed by atoms with van der Waals surface area (Å²) in [6, 6.07) is 15.5. The number of para-hydroxylation sites is 1. The Bertz CT molecular complexity index is 705. The molecule has 0 radical (unpaired) electrons. The van der Waals surface area contributed by atoms with Gasteiger partial charge in [0.2, 0.25) is 0 Å². The predicted octanol–water partition coefficient (Wildman–Crippen LogP) is 4.16. The summed E-state index contributed by atoms with van der Waals surface area (Å²) in [7, 11) is 0. The van der Waals surface area contributed by atoms with E-state index < -0.39 is 6.17 Å². The zero-order valence-corrected chi connectivity index (χ0v) is 16.2. The number of benzene rings is 2. The third-order valence-corrected chi connectivity index (χ3v) is 4.67. The van der Waals surface area contributed by atoms with Crippen LogP contribution in [0.1, 0.15) is 19.4 Å². The van der Waals surface area contributed by atoms with Crippen LogP contribution in [0.5, 0.6) is 11.5 Å². The maximum Gasteiger partial charge on any atom is 0.147 e. The van der Waals surface area contributed by atoms with Crippen LogP contribution in [0.25, 0.3) is 0 Å².